The lowest BCUT2D eigenvalue weighted by atomic mass is 10.0. The molecule has 0 spiro atoms. The maximum atomic E-state index is 6.35. The third-order valence-electron chi connectivity index (χ3n) is 9.58. The molecule has 0 unspecified atom stereocenters. The van der Waals surface area contributed by atoms with Gasteiger partial charge in [0.25, 0.3) is 0 Å². The maximum Gasteiger partial charge on any atom is 0.235 e. The summed E-state index contributed by atoms with van der Waals surface area (Å²) in [6.07, 6.45) is 0. The molecule has 0 atom stereocenters. The SMILES string of the molecule is c1ccc2cc3c(cc2c1)sc1cc(-c2nc(-n4c5ccccc5c5cc6c(cc54)oc4ccccc46)nc4ccccc24)ccc13. The second-order valence-electron chi connectivity index (χ2n) is 12.2. The molecule has 7 aromatic carbocycles. The van der Waals surface area contributed by atoms with E-state index in [4.69, 9.17) is 14.4 Å². The van der Waals surface area contributed by atoms with Crippen molar-refractivity contribution in [3.05, 3.63) is 140 Å². The van der Waals surface area contributed by atoms with Crippen LogP contribution in [-0.4, -0.2) is 14.5 Å². The lowest BCUT2D eigenvalue weighted by molar-refractivity contribution is 0.669. The Morgan fingerprint density at radius 1 is 0.468 bits per heavy atom. The Balaban J connectivity index is 1.18. The minimum atomic E-state index is 0.642. The average Bonchev–Trinajstić information content (AvgIpc) is 3.77. The fraction of sp³-hybridized carbons (Fsp3) is 0. The van der Waals surface area contributed by atoms with Crippen LogP contribution in [0.25, 0.3) is 103 Å². The van der Waals surface area contributed by atoms with E-state index in [9.17, 15) is 0 Å². The van der Waals surface area contributed by atoms with Crippen LogP contribution in [0.3, 0.4) is 0 Å². The van der Waals surface area contributed by atoms with Gasteiger partial charge in [0.2, 0.25) is 5.95 Å². The van der Waals surface area contributed by atoms with Crippen molar-refractivity contribution in [1.29, 1.82) is 0 Å². The molecule has 0 saturated carbocycles. The zero-order valence-electron chi connectivity index (χ0n) is 24.9. The molecule has 4 aromatic heterocycles. The van der Waals surface area contributed by atoms with E-state index in [0.717, 1.165) is 65.9 Å². The van der Waals surface area contributed by atoms with Crippen LogP contribution in [0.5, 0.6) is 0 Å². The fourth-order valence-electron chi connectivity index (χ4n) is 7.40. The van der Waals surface area contributed by atoms with Gasteiger partial charge in [0.05, 0.1) is 22.2 Å². The molecule has 47 heavy (non-hydrogen) atoms. The largest absolute Gasteiger partial charge is 0.456 e. The van der Waals surface area contributed by atoms with Gasteiger partial charge in [-0.2, -0.15) is 0 Å². The number of furan rings is 1. The number of nitrogens with zero attached hydrogens (tertiary/aromatic N) is 3. The number of hydrogen-bond acceptors (Lipinski definition) is 4. The van der Waals surface area contributed by atoms with Crippen LogP contribution in [0.15, 0.2) is 144 Å². The van der Waals surface area contributed by atoms with Crippen molar-refractivity contribution in [2.75, 3.05) is 0 Å². The van der Waals surface area contributed by atoms with Gasteiger partial charge in [0.15, 0.2) is 0 Å². The second kappa shape index (κ2) is 9.25. The predicted octanol–water partition coefficient (Wildman–Crippen LogP) is 11.8. The molecular formula is C42H23N3OS. The number of fused-ring (bicyclic) bond motifs is 11. The summed E-state index contributed by atoms with van der Waals surface area (Å²) in [6.45, 7) is 0. The van der Waals surface area contributed by atoms with E-state index in [1.54, 1.807) is 0 Å². The highest BCUT2D eigenvalue weighted by molar-refractivity contribution is 7.25. The lowest BCUT2D eigenvalue weighted by Crippen LogP contribution is -2.03. The monoisotopic (exact) mass is 617 g/mol. The van der Waals surface area contributed by atoms with E-state index >= 15 is 0 Å². The molecule has 0 fully saturated rings. The van der Waals surface area contributed by atoms with Crippen molar-refractivity contribution in [2.24, 2.45) is 0 Å². The topological polar surface area (TPSA) is 43.9 Å². The number of thiophene rings is 1. The minimum absolute atomic E-state index is 0.642. The third kappa shape index (κ3) is 3.57. The molecule has 0 aliphatic heterocycles. The van der Waals surface area contributed by atoms with Crippen LogP contribution < -0.4 is 0 Å². The van der Waals surface area contributed by atoms with Crippen LogP contribution in [0.4, 0.5) is 0 Å². The molecule has 0 saturated heterocycles. The van der Waals surface area contributed by atoms with Gasteiger partial charge in [-0.05, 0) is 53.2 Å². The zero-order chi connectivity index (χ0) is 30.6. The van der Waals surface area contributed by atoms with Crippen LogP contribution in [-0.2, 0) is 0 Å². The molecule has 0 amide bonds. The molecule has 0 bridgehead atoms. The lowest BCUT2D eigenvalue weighted by Gasteiger charge is -2.12. The quantitative estimate of drug-likeness (QED) is 0.194. The van der Waals surface area contributed by atoms with E-state index in [1.807, 2.05) is 29.5 Å². The summed E-state index contributed by atoms with van der Waals surface area (Å²) in [4.78, 5) is 10.5. The maximum absolute atomic E-state index is 6.35. The first-order chi connectivity index (χ1) is 23.3. The van der Waals surface area contributed by atoms with Crippen LogP contribution in [0.2, 0.25) is 0 Å². The second-order valence-corrected chi connectivity index (χ2v) is 13.3. The average molecular weight is 618 g/mol. The Hall–Kier alpha value is -6.04. The van der Waals surface area contributed by atoms with Crippen molar-refractivity contribution in [3.63, 3.8) is 0 Å². The summed E-state index contributed by atoms with van der Waals surface area (Å²) >= 11 is 1.84. The Kier molecular flexibility index (Phi) is 4.96. The highest BCUT2D eigenvalue weighted by Crippen LogP contribution is 2.41. The van der Waals surface area contributed by atoms with Gasteiger partial charge in [-0.1, -0.05) is 91.0 Å². The van der Waals surface area contributed by atoms with Crippen molar-refractivity contribution in [3.8, 4) is 17.2 Å². The predicted molar refractivity (Wildman–Crippen MR) is 197 cm³/mol. The molecule has 218 valence electrons. The van der Waals surface area contributed by atoms with E-state index < -0.39 is 0 Å². The Bertz CT molecular complexity index is 3090. The van der Waals surface area contributed by atoms with Gasteiger partial charge in [-0.15, -0.1) is 11.3 Å². The van der Waals surface area contributed by atoms with Gasteiger partial charge in [-0.3, -0.25) is 4.57 Å². The number of hydrogen-bond donors (Lipinski definition) is 0. The summed E-state index contributed by atoms with van der Waals surface area (Å²) in [5, 5.41) is 10.7. The Labute approximate surface area is 271 Å². The van der Waals surface area contributed by atoms with Gasteiger partial charge >= 0.3 is 0 Å². The molecular weight excluding hydrogens is 595 g/mol. The van der Waals surface area contributed by atoms with Crippen molar-refractivity contribution in [1.82, 2.24) is 14.5 Å². The molecule has 0 N–H and O–H groups in total. The minimum Gasteiger partial charge on any atom is -0.456 e. The molecule has 0 radical (unpaired) electrons. The fourth-order valence-corrected chi connectivity index (χ4v) is 8.57. The molecule has 11 rings (SSSR count). The summed E-state index contributed by atoms with van der Waals surface area (Å²) < 4.78 is 11.1. The molecule has 0 aliphatic rings. The van der Waals surface area contributed by atoms with E-state index in [-0.39, 0.29) is 0 Å². The zero-order valence-corrected chi connectivity index (χ0v) is 25.8. The number of aromatic nitrogens is 3. The molecule has 4 nitrogen and oxygen atoms in total. The van der Waals surface area contributed by atoms with Crippen molar-refractivity contribution >= 4 is 96.9 Å². The van der Waals surface area contributed by atoms with Gasteiger partial charge in [-0.25, -0.2) is 9.97 Å². The number of para-hydroxylation sites is 3. The first-order valence-electron chi connectivity index (χ1n) is 15.7. The van der Waals surface area contributed by atoms with E-state index in [1.165, 1.54) is 30.9 Å². The summed E-state index contributed by atoms with van der Waals surface area (Å²) in [6, 6.07) is 49.5. The molecule has 0 aliphatic carbocycles. The summed E-state index contributed by atoms with van der Waals surface area (Å²) in [7, 11) is 0. The van der Waals surface area contributed by atoms with Crippen LogP contribution in [0, 0.1) is 0 Å². The van der Waals surface area contributed by atoms with Crippen molar-refractivity contribution in [2.45, 2.75) is 0 Å². The molecule has 5 heteroatoms. The smallest absolute Gasteiger partial charge is 0.235 e. The summed E-state index contributed by atoms with van der Waals surface area (Å²) in [5.41, 5.74) is 6.73. The molecule has 4 heterocycles. The number of rotatable bonds is 2. The van der Waals surface area contributed by atoms with Gasteiger partial charge in [0.1, 0.15) is 11.2 Å². The highest BCUT2D eigenvalue weighted by Gasteiger charge is 2.20. The van der Waals surface area contributed by atoms with Crippen LogP contribution >= 0.6 is 11.3 Å². The van der Waals surface area contributed by atoms with E-state index in [0.29, 0.717) is 5.95 Å². The first kappa shape index (κ1) is 25.2. The van der Waals surface area contributed by atoms with E-state index in [2.05, 4.69) is 126 Å². The molecule has 11 aromatic rings. The van der Waals surface area contributed by atoms with Crippen LogP contribution in [0.1, 0.15) is 0 Å². The highest BCUT2D eigenvalue weighted by atomic mass is 32.1. The van der Waals surface area contributed by atoms with Crippen molar-refractivity contribution < 1.29 is 4.42 Å². The Morgan fingerprint density at radius 2 is 1.21 bits per heavy atom. The van der Waals surface area contributed by atoms with Gasteiger partial charge in [0, 0.05) is 58.7 Å². The first-order valence-corrected chi connectivity index (χ1v) is 16.6. The Morgan fingerprint density at radius 3 is 2.13 bits per heavy atom. The standard InChI is InChI=1S/C42H23N3OS/c1-2-10-25-20-40-33(19-24(25)9-1)29-18-17-26(21-39(29)47-40)41-30-13-3-6-14-34(30)43-42(44-41)45-35-15-7-4-11-27(35)31-22-32-28-12-5-8-16-37(28)46-38(32)23-36(31)45/h1-23H. The normalized spacial score (nSPS) is 12.3. The summed E-state index contributed by atoms with van der Waals surface area (Å²) in [5.74, 6) is 0.642. The van der Waals surface area contributed by atoms with Gasteiger partial charge < -0.3 is 4.42 Å². The third-order valence-corrected chi connectivity index (χ3v) is 10.7. The number of benzene rings is 7.